The molecule has 5 aromatic carbocycles. The van der Waals surface area contributed by atoms with E-state index in [1.165, 1.54) is 5.56 Å². The van der Waals surface area contributed by atoms with Crippen LogP contribution < -0.4 is 0 Å². The highest BCUT2D eigenvalue weighted by molar-refractivity contribution is 6.30. The summed E-state index contributed by atoms with van der Waals surface area (Å²) in [5, 5.41) is 2.94. The van der Waals surface area contributed by atoms with Crippen molar-refractivity contribution in [2.45, 2.75) is 0 Å². The summed E-state index contributed by atoms with van der Waals surface area (Å²) >= 11 is 6.35. The maximum absolute atomic E-state index is 6.35. The van der Waals surface area contributed by atoms with Crippen LogP contribution in [-0.2, 0) is 0 Å². The van der Waals surface area contributed by atoms with Gasteiger partial charge in [0.2, 0.25) is 5.95 Å². The van der Waals surface area contributed by atoms with Crippen molar-refractivity contribution < 1.29 is 0 Å². The number of rotatable bonds is 4. The van der Waals surface area contributed by atoms with E-state index < -0.39 is 0 Å². The molecule has 7 rings (SSSR count). The van der Waals surface area contributed by atoms with E-state index in [0.29, 0.717) is 22.6 Å². The molecule has 0 radical (unpaired) electrons. The Labute approximate surface area is 224 Å². The zero-order valence-corrected chi connectivity index (χ0v) is 21.0. The first kappa shape index (κ1) is 22.4. The van der Waals surface area contributed by atoms with Gasteiger partial charge in [0.1, 0.15) is 0 Å². The van der Waals surface area contributed by atoms with Crippen molar-refractivity contribution in [3.63, 3.8) is 0 Å². The van der Waals surface area contributed by atoms with Crippen LogP contribution in [-0.4, -0.2) is 19.5 Å². The Morgan fingerprint density at radius 3 is 1.63 bits per heavy atom. The number of fused-ring (bicyclic) bond motifs is 3. The Hall–Kier alpha value is -4.80. The highest BCUT2D eigenvalue weighted by atomic mass is 35.5. The third-order valence-corrected chi connectivity index (χ3v) is 6.97. The second kappa shape index (κ2) is 9.25. The molecular weight excluding hydrogens is 488 g/mol. The maximum atomic E-state index is 6.35. The van der Waals surface area contributed by atoms with Crippen LogP contribution >= 0.6 is 11.6 Å². The first-order chi connectivity index (χ1) is 18.7. The molecule has 2 aromatic heterocycles. The van der Waals surface area contributed by atoms with Gasteiger partial charge in [-0.1, -0.05) is 115 Å². The molecular formula is C33H21ClN4. The van der Waals surface area contributed by atoms with Crippen LogP contribution in [0, 0.1) is 0 Å². The minimum Gasteiger partial charge on any atom is -0.278 e. The van der Waals surface area contributed by atoms with Gasteiger partial charge in [0.15, 0.2) is 11.6 Å². The first-order valence-corrected chi connectivity index (χ1v) is 12.8. The molecule has 38 heavy (non-hydrogen) atoms. The van der Waals surface area contributed by atoms with Crippen molar-refractivity contribution >= 4 is 33.4 Å². The van der Waals surface area contributed by atoms with E-state index >= 15 is 0 Å². The van der Waals surface area contributed by atoms with Gasteiger partial charge in [-0.2, -0.15) is 9.97 Å². The molecule has 0 aliphatic carbocycles. The summed E-state index contributed by atoms with van der Waals surface area (Å²) in [5.74, 6) is 1.74. The molecule has 4 nitrogen and oxygen atoms in total. The first-order valence-electron chi connectivity index (χ1n) is 12.4. The fourth-order valence-electron chi connectivity index (χ4n) is 4.93. The fraction of sp³-hybridized carbons (Fsp3) is 0. The van der Waals surface area contributed by atoms with Gasteiger partial charge in [-0.05, 0) is 35.4 Å². The molecule has 0 saturated carbocycles. The topological polar surface area (TPSA) is 43.6 Å². The van der Waals surface area contributed by atoms with E-state index in [4.69, 9.17) is 26.6 Å². The van der Waals surface area contributed by atoms with Crippen molar-refractivity contribution in [3.8, 4) is 39.9 Å². The summed E-state index contributed by atoms with van der Waals surface area (Å²) in [5.41, 5.74) is 6.15. The van der Waals surface area contributed by atoms with Crippen LogP contribution in [0.4, 0.5) is 0 Å². The van der Waals surface area contributed by atoms with Gasteiger partial charge < -0.3 is 0 Å². The Morgan fingerprint density at radius 2 is 0.974 bits per heavy atom. The molecule has 2 heterocycles. The standard InChI is InChI=1S/C33H21ClN4/c34-26-12-8-11-25(21-26)32-35-31(24-19-17-23(18-20-24)22-9-2-1-3-10-22)36-33(37-32)38-29-15-6-4-13-27(29)28-14-5-7-16-30(28)38/h1-21H. The lowest BCUT2D eigenvalue weighted by atomic mass is 10.0. The minimum atomic E-state index is 0.564. The molecule has 0 aliphatic rings. The third kappa shape index (κ3) is 3.92. The van der Waals surface area contributed by atoms with Crippen LogP contribution in [0.3, 0.4) is 0 Å². The molecule has 0 fully saturated rings. The van der Waals surface area contributed by atoms with E-state index in [1.54, 1.807) is 0 Å². The third-order valence-electron chi connectivity index (χ3n) is 6.74. The summed E-state index contributed by atoms with van der Waals surface area (Å²) in [6.07, 6.45) is 0. The zero-order valence-electron chi connectivity index (χ0n) is 20.3. The molecule has 0 amide bonds. The molecule has 0 aliphatic heterocycles. The van der Waals surface area contributed by atoms with Gasteiger partial charge in [-0.3, -0.25) is 4.57 Å². The summed E-state index contributed by atoms with van der Waals surface area (Å²) in [6, 6.07) is 43.0. The average molecular weight is 509 g/mol. The number of benzene rings is 5. The molecule has 7 aromatic rings. The van der Waals surface area contributed by atoms with E-state index in [-0.39, 0.29) is 0 Å². The number of hydrogen-bond acceptors (Lipinski definition) is 3. The van der Waals surface area contributed by atoms with Crippen molar-refractivity contribution in [1.82, 2.24) is 19.5 Å². The average Bonchev–Trinajstić information content (AvgIpc) is 3.32. The van der Waals surface area contributed by atoms with Crippen molar-refractivity contribution in [1.29, 1.82) is 0 Å². The summed E-state index contributed by atoms with van der Waals surface area (Å²) in [4.78, 5) is 14.9. The largest absolute Gasteiger partial charge is 0.278 e. The number of halogens is 1. The highest BCUT2D eigenvalue weighted by Crippen LogP contribution is 2.32. The molecule has 0 atom stereocenters. The second-order valence-electron chi connectivity index (χ2n) is 9.11. The molecule has 5 heteroatoms. The Morgan fingerprint density at radius 1 is 0.447 bits per heavy atom. The normalized spacial score (nSPS) is 11.3. The highest BCUT2D eigenvalue weighted by Gasteiger charge is 2.17. The van der Waals surface area contributed by atoms with Crippen molar-refractivity contribution in [2.75, 3.05) is 0 Å². The van der Waals surface area contributed by atoms with Gasteiger partial charge in [0.25, 0.3) is 0 Å². The molecule has 0 unspecified atom stereocenters. The Balaban J connectivity index is 1.46. The van der Waals surface area contributed by atoms with Gasteiger partial charge in [-0.15, -0.1) is 0 Å². The van der Waals surface area contributed by atoms with Gasteiger partial charge >= 0.3 is 0 Å². The minimum absolute atomic E-state index is 0.564. The lowest BCUT2D eigenvalue weighted by molar-refractivity contribution is 0.953. The predicted molar refractivity (Wildman–Crippen MR) is 155 cm³/mol. The molecule has 0 bridgehead atoms. The zero-order chi connectivity index (χ0) is 25.5. The van der Waals surface area contributed by atoms with Crippen LogP contribution in [0.5, 0.6) is 0 Å². The van der Waals surface area contributed by atoms with Crippen LogP contribution in [0.2, 0.25) is 5.02 Å². The fourth-order valence-corrected chi connectivity index (χ4v) is 5.12. The lowest BCUT2D eigenvalue weighted by Gasteiger charge is -2.11. The Bertz CT molecular complexity index is 1870. The lowest BCUT2D eigenvalue weighted by Crippen LogP contribution is -2.06. The molecule has 180 valence electrons. The smallest absolute Gasteiger partial charge is 0.238 e. The number of hydrogen-bond donors (Lipinski definition) is 0. The summed E-state index contributed by atoms with van der Waals surface area (Å²) in [7, 11) is 0. The van der Waals surface area contributed by atoms with E-state index in [2.05, 4.69) is 77.4 Å². The van der Waals surface area contributed by atoms with Gasteiger partial charge in [-0.25, -0.2) is 4.98 Å². The van der Waals surface area contributed by atoms with Crippen molar-refractivity contribution in [2.24, 2.45) is 0 Å². The second-order valence-corrected chi connectivity index (χ2v) is 9.54. The summed E-state index contributed by atoms with van der Waals surface area (Å²) in [6.45, 7) is 0. The van der Waals surface area contributed by atoms with E-state index in [9.17, 15) is 0 Å². The van der Waals surface area contributed by atoms with E-state index in [0.717, 1.165) is 38.5 Å². The maximum Gasteiger partial charge on any atom is 0.238 e. The van der Waals surface area contributed by atoms with Crippen LogP contribution in [0.1, 0.15) is 0 Å². The van der Waals surface area contributed by atoms with Gasteiger partial charge in [0, 0.05) is 26.9 Å². The monoisotopic (exact) mass is 508 g/mol. The van der Waals surface area contributed by atoms with Crippen molar-refractivity contribution in [3.05, 3.63) is 132 Å². The van der Waals surface area contributed by atoms with Crippen LogP contribution in [0.15, 0.2) is 127 Å². The number of para-hydroxylation sites is 2. The van der Waals surface area contributed by atoms with E-state index in [1.807, 2.05) is 54.6 Å². The number of aromatic nitrogens is 4. The number of nitrogens with zero attached hydrogens (tertiary/aromatic N) is 4. The Kier molecular flexibility index (Phi) is 5.46. The quantitative estimate of drug-likeness (QED) is 0.239. The van der Waals surface area contributed by atoms with Crippen LogP contribution in [0.25, 0.3) is 61.7 Å². The van der Waals surface area contributed by atoms with Gasteiger partial charge in [0.05, 0.1) is 11.0 Å². The SMILES string of the molecule is Clc1cccc(-c2nc(-c3ccc(-c4ccccc4)cc3)nc(-n3c4ccccc4c4ccccc43)n2)c1. The molecule has 0 N–H and O–H groups in total. The molecule has 0 spiro atoms. The summed E-state index contributed by atoms with van der Waals surface area (Å²) < 4.78 is 2.11. The molecule has 0 saturated heterocycles. The predicted octanol–water partition coefficient (Wildman–Crippen LogP) is 8.62.